The Bertz CT molecular complexity index is 732. The molecule has 0 bridgehead atoms. The molecule has 1 saturated carbocycles. The molecule has 0 aromatic heterocycles. The minimum absolute atomic E-state index is 0.0242. The van der Waals surface area contributed by atoms with E-state index < -0.39 is 53.4 Å². The van der Waals surface area contributed by atoms with Crippen LogP contribution in [0.1, 0.15) is 47.0 Å². The van der Waals surface area contributed by atoms with Crippen molar-refractivity contribution in [2.45, 2.75) is 82.5 Å². The summed E-state index contributed by atoms with van der Waals surface area (Å²) in [6.45, 7) is 6.32. The highest BCUT2D eigenvalue weighted by molar-refractivity contribution is 5.88. The average molecular weight is 435 g/mol. The number of nitrogens with zero attached hydrogens (tertiary/aromatic N) is 3. The predicted octanol–water partition coefficient (Wildman–Crippen LogP) is 1.51. The van der Waals surface area contributed by atoms with E-state index >= 15 is 0 Å². The van der Waals surface area contributed by atoms with Crippen molar-refractivity contribution in [3.8, 4) is 0 Å². The Morgan fingerprint density at radius 3 is 2.17 bits per heavy atom. The fraction of sp³-hybridized carbons (Fsp3) is 0.842. The molecule has 2 heterocycles. The number of carbonyl (C=O) groups is 3. The molecule has 0 aromatic rings. The number of alkyl halides is 3. The third kappa shape index (κ3) is 4.35. The summed E-state index contributed by atoms with van der Waals surface area (Å²) in [7, 11) is 0. The third-order valence-corrected chi connectivity index (χ3v) is 5.81. The maximum absolute atomic E-state index is 13.3. The molecule has 30 heavy (non-hydrogen) atoms. The number of hydrogen-bond acceptors (Lipinski definition) is 5. The molecular formula is C19H28F3N3O5. The van der Waals surface area contributed by atoms with E-state index in [4.69, 9.17) is 4.74 Å². The van der Waals surface area contributed by atoms with Gasteiger partial charge in [0.2, 0.25) is 5.91 Å². The number of likely N-dealkylation sites (tertiary alicyclic amines) is 1. The zero-order chi connectivity index (χ0) is 22.6. The van der Waals surface area contributed by atoms with Gasteiger partial charge in [-0.3, -0.25) is 14.5 Å². The number of hydrogen-bond donors (Lipinski definition) is 1. The van der Waals surface area contributed by atoms with E-state index in [9.17, 15) is 32.7 Å². The molecule has 0 unspecified atom stereocenters. The first-order chi connectivity index (χ1) is 13.6. The Hall–Kier alpha value is -2.04. The van der Waals surface area contributed by atoms with E-state index in [-0.39, 0.29) is 26.1 Å². The normalized spacial score (nSPS) is 28.7. The van der Waals surface area contributed by atoms with Crippen LogP contribution in [0.3, 0.4) is 0 Å². The summed E-state index contributed by atoms with van der Waals surface area (Å²) < 4.78 is 44.3. The number of piperazine rings is 1. The van der Waals surface area contributed by atoms with Gasteiger partial charge in [-0.2, -0.15) is 13.2 Å². The number of β-amino-alcohol motifs (C(OH)–C–C–N with tert-alkyl or cyclic N) is 1. The summed E-state index contributed by atoms with van der Waals surface area (Å²) in [4.78, 5) is 41.1. The summed E-state index contributed by atoms with van der Waals surface area (Å²) >= 11 is 0. The number of rotatable bonds is 1. The van der Waals surface area contributed by atoms with Crippen molar-refractivity contribution < 1.29 is 37.4 Å². The molecule has 3 fully saturated rings. The van der Waals surface area contributed by atoms with Crippen molar-refractivity contribution in [2.24, 2.45) is 0 Å². The van der Waals surface area contributed by atoms with Crippen molar-refractivity contribution in [1.29, 1.82) is 0 Å². The largest absolute Gasteiger partial charge is 0.471 e. The Labute approximate surface area is 172 Å². The van der Waals surface area contributed by atoms with Crippen molar-refractivity contribution in [1.82, 2.24) is 14.7 Å². The molecule has 1 N–H and O–H groups in total. The fourth-order valence-corrected chi connectivity index (χ4v) is 4.20. The van der Waals surface area contributed by atoms with Crippen LogP contribution in [0.15, 0.2) is 0 Å². The molecule has 0 aromatic carbocycles. The first-order valence-electron chi connectivity index (χ1n) is 10.0. The van der Waals surface area contributed by atoms with Crippen LogP contribution in [0, 0.1) is 0 Å². The monoisotopic (exact) mass is 435 g/mol. The van der Waals surface area contributed by atoms with Gasteiger partial charge in [0.15, 0.2) is 0 Å². The lowest BCUT2D eigenvalue weighted by Gasteiger charge is -2.47. The van der Waals surface area contributed by atoms with Crippen LogP contribution in [0.2, 0.25) is 0 Å². The molecule has 3 amide bonds. The van der Waals surface area contributed by atoms with Crippen molar-refractivity contribution in [3.63, 3.8) is 0 Å². The summed E-state index contributed by atoms with van der Waals surface area (Å²) in [6.07, 6.45) is -5.80. The first kappa shape index (κ1) is 22.6. The van der Waals surface area contributed by atoms with Crippen molar-refractivity contribution in [3.05, 3.63) is 0 Å². The molecule has 2 saturated heterocycles. The van der Waals surface area contributed by atoms with E-state index in [1.54, 1.807) is 27.7 Å². The Balaban J connectivity index is 1.77. The second-order valence-corrected chi connectivity index (χ2v) is 9.49. The second-order valence-electron chi connectivity index (χ2n) is 9.49. The van der Waals surface area contributed by atoms with Gasteiger partial charge in [0.05, 0.1) is 18.2 Å². The smallest absolute Gasteiger partial charge is 0.444 e. The van der Waals surface area contributed by atoms with Gasteiger partial charge in [-0.15, -0.1) is 0 Å². The lowest BCUT2D eigenvalue weighted by molar-refractivity contribution is -0.193. The van der Waals surface area contributed by atoms with Gasteiger partial charge in [0.25, 0.3) is 0 Å². The minimum Gasteiger partial charge on any atom is -0.444 e. The molecule has 3 atom stereocenters. The SMILES string of the molecule is C[C@H]1CN(C(=O)C(F)(F)F)C2(CC2)CN1C(=O)[C@@H]1C[C@@H](O)CN1C(=O)OC(C)(C)C. The fourth-order valence-electron chi connectivity index (χ4n) is 4.20. The highest BCUT2D eigenvalue weighted by Gasteiger charge is 2.60. The van der Waals surface area contributed by atoms with Crippen LogP contribution < -0.4 is 0 Å². The van der Waals surface area contributed by atoms with Gasteiger partial charge >= 0.3 is 18.2 Å². The molecule has 1 spiro atoms. The number of carbonyl (C=O) groups excluding carboxylic acids is 3. The maximum Gasteiger partial charge on any atom is 0.471 e. The Kier molecular flexibility index (Phi) is 5.49. The van der Waals surface area contributed by atoms with Crippen LogP contribution in [0.25, 0.3) is 0 Å². The molecule has 11 heteroatoms. The quantitative estimate of drug-likeness (QED) is 0.675. The van der Waals surface area contributed by atoms with Crippen LogP contribution in [0.5, 0.6) is 0 Å². The van der Waals surface area contributed by atoms with Crippen LogP contribution in [-0.4, -0.2) is 92.9 Å². The van der Waals surface area contributed by atoms with E-state index in [1.165, 1.54) is 9.80 Å². The summed E-state index contributed by atoms with van der Waals surface area (Å²) in [5.74, 6) is -2.33. The second kappa shape index (κ2) is 7.28. The molecule has 0 radical (unpaired) electrons. The number of amides is 3. The standard InChI is InChI=1S/C19H28F3N3O5/c1-11-8-25(15(28)19(20,21)22)18(5-6-18)10-24(11)14(27)13-7-12(26)9-23(13)16(29)30-17(2,3)4/h11-13,26H,5-10H2,1-4H3/t11-,12+,13-/m0/s1. The lowest BCUT2D eigenvalue weighted by atomic mass is 10.0. The number of aliphatic hydroxyl groups excluding tert-OH is 1. The van der Waals surface area contributed by atoms with Gasteiger partial charge in [-0.1, -0.05) is 0 Å². The zero-order valence-electron chi connectivity index (χ0n) is 17.5. The molecule has 2 aliphatic heterocycles. The van der Waals surface area contributed by atoms with Crippen LogP contribution in [-0.2, 0) is 14.3 Å². The molecule has 170 valence electrons. The molecular weight excluding hydrogens is 407 g/mol. The Morgan fingerprint density at radius 2 is 1.67 bits per heavy atom. The maximum atomic E-state index is 13.3. The number of aliphatic hydroxyl groups is 1. The summed E-state index contributed by atoms with van der Waals surface area (Å²) in [5, 5.41) is 10.1. The van der Waals surface area contributed by atoms with E-state index in [2.05, 4.69) is 0 Å². The van der Waals surface area contributed by atoms with E-state index in [0.29, 0.717) is 12.8 Å². The first-order valence-corrected chi connectivity index (χ1v) is 10.0. The Morgan fingerprint density at radius 1 is 1.07 bits per heavy atom. The number of halogens is 3. The zero-order valence-corrected chi connectivity index (χ0v) is 17.5. The number of ether oxygens (including phenoxy) is 1. The summed E-state index contributed by atoms with van der Waals surface area (Å²) in [5.41, 5.74) is -1.80. The van der Waals surface area contributed by atoms with Gasteiger partial charge in [0, 0.05) is 25.6 Å². The minimum atomic E-state index is -4.97. The van der Waals surface area contributed by atoms with Crippen LogP contribution >= 0.6 is 0 Å². The van der Waals surface area contributed by atoms with Crippen molar-refractivity contribution >= 4 is 17.9 Å². The highest BCUT2D eigenvalue weighted by Crippen LogP contribution is 2.47. The van der Waals surface area contributed by atoms with E-state index in [0.717, 1.165) is 4.90 Å². The van der Waals surface area contributed by atoms with Crippen molar-refractivity contribution in [2.75, 3.05) is 19.6 Å². The van der Waals surface area contributed by atoms with Gasteiger partial charge in [-0.25, -0.2) is 4.79 Å². The predicted molar refractivity (Wildman–Crippen MR) is 98.3 cm³/mol. The molecule has 3 rings (SSSR count). The van der Waals surface area contributed by atoms with Gasteiger partial charge in [-0.05, 0) is 40.5 Å². The average Bonchev–Trinajstić information content (AvgIpc) is 3.25. The van der Waals surface area contributed by atoms with Gasteiger partial charge < -0.3 is 19.6 Å². The van der Waals surface area contributed by atoms with Crippen LogP contribution in [0.4, 0.5) is 18.0 Å². The summed E-state index contributed by atoms with van der Waals surface area (Å²) in [6, 6.07) is -1.62. The van der Waals surface area contributed by atoms with Gasteiger partial charge in [0.1, 0.15) is 11.6 Å². The molecule has 1 aliphatic carbocycles. The topological polar surface area (TPSA) is 90.4 Å². The lowest BCUT2D eigenvalue weighted by Crippen LogP contribution is -2.65. The molecule has 8 nitrogen and oxygen atoms in total. The van der Waals surface area contributed by atoms with E-state index in [1.807, 2.05) is 0 Å². The highest BCUT2D eigenvalue weighted by atomic mass is 19.4. The molecule has 3 aliphatic rings. The third-order valence-electron chi connectivity index (χ3n) is 5.81.